The van der Waals surface area contributed by atoms with Crippen molar-refractivity contribution in [2.75, 3.05) is 25.6 Å². The Balaban J connectivity index is 0.000000458. The monoisotopic (exact) mass is 610 g/mol. The molecule has 1 fully saturated rings. The number of aromatic nitrogens is 4. The van der Waals surface area contributed by atoms with Gasteiger partial charge in [0.1, 0.15) is 6.23 Å². The minimum absolute atomic E-state index is 0.112. The summed E-state index contributed by atoms with van der Waals surface area (Å²) in [7, 11) is -0.354. The number of hydrogen-bond donors (Lipinski definition) is 2. The molecule has 4 aromatic rings. The maximum Gasteiger partial charge on any atom is 0.340 e. The van der Waals surface area contributed by atoms with Gasteiger partial charge in [0, 0.05) is 12.5 Å². The fourth-order valence-electron chi connectivity index (χ4n) is 4.62. The Morgan fingerprint density at radius 3 is 2.47 bits per heavy atom. The Morgan fingerprint density at radius 2 is 1.81 bits per heavy atom. The highest BCUT2D eigenvalue weighted by molar-refractivity contribution is 7.26. The van der Waals surface area contributed by atoms with Crippen LogP contribution in [0.4, 0.5) is 5.95 Å². The summed E-state index contributed by atoms with van der Waals surface area (Å²) in [5, 5.41) is 0. The molecule has 5 unspecified atom stereocenters. The van der Waals surface area contributed by atoms with Crippen molar-refractivity contribution in [3.8, 4) is 5.88 Å². The molecule has 0 radical (unpaired) electrons. The van der Waals surface area contributed by atoms with Crippen molar-refractivity contribution in [1.82, 2.24) is 19.5 Å². The van der Waals surface area contributed by atoms with E-state index in [0.29, 0.717) is 42.4 Å². The van der Waals surface area contributed by atoms with Gasteiger partial charge in [0.2, 0.25) is 11.8 Å². The van der Waals surface area contributed by atoms with Crippen molar-refractivity contribution < 1.29 is 28.1 Å². The molecule has 0 spiro atoms. The van der Waals surface area contributed by atoms with Gasteiger partial charge in [0.15, 0.2) is 26.3 Å². The van der Waals surface area contributed by atoms with E-state index < -0.39 is 12.1 Å². The van der Waals surface area contributed by atoms with Gasteiger partial charge in [0.05, 0.1) is 32.3 Å². The van der Waals surface area contributed by atoms with E-state index in [0.717, 1.165) is 6.42 Å². The SMILES string of the molecule is CCOC(=O)C(OPOCC1CC(C)C(n2cnc3c(OCC)nc(N)nc32)O1)c1ccccc1.NCc1ccccc1. The van der Waals surface area contributed by atoms with Crippen molar-refractivity contribution >= 4 is 32.1 Å². The average Bonchev–Trinajstić information content (AvgIpc) is 3.61. The number of rotatable bonds is 12. The number of imidazole rings is 1. The molecule has 1 saturated heterocycles. The summed E-state index contributed by atoms with van der Waals surface area (Å²) in [5.41, 5.74) is 14.2. The fourth-order valence-corrected chi connectivity index (χ4v) is 5.27. The van der Waals surface area contributed by atoms with Gasteiger partial charge in [-0.1, -0.05) is 67.6 Å². The number of anilines is 1. The molecule has 43 heavy (non-hydrogen) atoms. The molecule has 2 aromatic carbocycles. The summed E-state index contributed by atoms with van der Waals surface area (Å²) in [6.07, 6.45) is 1.14. The Morgan fingerprint density at radius 1 is 1.09 bits per heavy atom. The first-order valence-electron chi connectivity index (χ1n) is 14.2. The summed E-state index contributed by atoms with van der Waals surface area (Å²) in [6.45, 7) is 7.39. The normalized spacial score (nSPS) is 18.8. The zero-order valence-electron chi connectivity index (χ0n) is 24.6. The number of ether oxygens (including phenoxy) is 3. The highest BCUT2D eigenvalue weighted by Gasteiger charge is 2.35. The Kier molecular flexibility index (Phi) is 12.2. The van der Waals surface area contributed by atoms with E-state index in [1.165, 1.54) is 5.56 Å². The average molecular weight is 611 g/mol. The van der Waals surface area contributed by atoms with Crippen LogP contribution in [0.15, 0.2) is 67.0 Å². The standard InChI is InChI=1S/C23H30N5O6P.C7H9N/c1-4-30-20-17-19(26-23(24)27-20)28(13-25-17)21-14(3)11-16(33-21)12-32-35-34-18(22(29)31-5-2)15-9-7-6-8-10-15;8-6-7-4-2-1-3-5-7/h6-10,13-14,16,18,21,35H,4-5,11-12H2,1-3H3,(H2,24,26,27);1-5H,6,8H2. The number of nitrogens with two attached hydrogens (primary N) is 2. The fraction of sp³-hybridized carbons (Fsp3) is 0.400. The first-order valence-corrected chi connectivity index (χ1v) is 15.0. The number of nitrogen functional groups attached to an aromatic ring is 1. The smallest absolute Gasteiger partial charge is 0.340 e. The first kappa shape index (κ1) is 32.2. The van der Waals surface area contributed by atoms with E-state index >= 15 is 0 Å². The summed E-state index contributed by atoms with van der Waals surface area (Å²) in [6, 6.07) is 19.2. The van der Waals surface area contributed by atoms with Crippen LogP contribution < -0.4 is 16.2 Å². The third kappa shape index (κ3) is 8.68. The number of nitrogens with zero attached hydrogens (tertiary/aromatic N) is 4. The summed E-state index contributed by atoms with van der Waals surface area (Å²) in [4.78, 5) is 25.3. The number of benzene rings is 2. The van der Waals surface area contributed by atoms with Crippen LogP contribution in [0.3, 0.4) is 0 Å². The molecule has 4 N–H and O–H groups in total. The Bertz CT molecular complexity index is 1430. The van der Waals surface area contributed by atoms with Crippen LogP contribution in [0.1, 0.15) is 50.7 Å². The van der Waals surface area contributed by atoms with E-state index in [1.807, 2.05) is 72.2 Å². The van der Waals surface area contributed by atoms with Gasteiger partial charge < -0.3 is 34.7 Å². The molecule has 13 heteroatoms. The molecule has 5 rings (SSSR count). The molecule has 2 aromatic heterocycles. The Hall–Kier alpha value is -3.67. The van der Waals surface area contributed by atoms with Crippen LogP contribution in [0.25, 0.3) is 11.2 Å². The van der Waals surface area contributed by atoms with Crippen LogP contribution in [0.5, 0.6) is 5.88 Å². The second kappa shape index (κ2) is 16.3. The number of fused-ring (bicyclic) bond motifs is 1. The number of esters is 1. The first-order chi connectivity index (χ1) is 20.9. The van der Waals surface area contributed by atoms with Crippen molar-refractivity contribution in [3.63, 3.8) is 0 Å². The molecule has 12 nitrogen and oxygen atoms in total. The number of hydrogen-bond acceptors (Lipinski definition) is 11. The summed E-state index contributed by atoms with van der Waals surface area (Å²) in [5.74, 6) is 0.196. The van der Waals surface area contributed by atoms with Crippen molar-refractivity contribution in [1.29, 1.82) is 0 Å². The van der Waals surface area contributed by atoms with Crippen LogP contribution in [-0.2, 0) is 29.9 Å². The minimum atomic E-state index is -0.840. The van der Waals surface area contributed by atoms with Crippen LogP contribution in [0, 0.1) is 5.92 Å². The molecule has 0 aliphatic carbocycles. The summed E-state index contributed by atoms with van der Waals surface area (Å²) < 4.78 is 30.3. The molecule has 0 amide bonds. The molecule has 0 saturated carbocycles. The maximum atomic E-state index is 12.3. The van der Waals surface area contributed by atoms with Gasteiger partial charge in [0.25, 0.3) is 0 Å². The van der Waals surface area contributed by atoms with Gasteiger partial charge in [-0.25, -0.2) is 9.78 Å². The minimum Gasteiger partial charge on any atom is -0.476 e. The predicted molar refractivity (Wildman–Crippen MR) is 164 cm³/mol. The van der Waals surface area contributed by atoms with Gasteiger partial charge >= 0.3 is 5.97 Å². The molecule has 3 heterocycles. The van der Waals surface area contributed by atoms with E-state index in [9.17, 15) is 4.79 Å². The van der Waals surface area contributed by atoms with Crippen LogP contribution >= 0.6 is 9.03 Å². The highest BCUT2D eigenvalue weighted by Crippen LogP contribution is 2.38. The van der Waals surface area contributed by atoms with E-state index in [1.54, 1.807) is 13.3 Å². The van der Waals surface area contributed by atoms with E-state index in [4.69, 9.17) is 34.7 Å². The quantitative estimate of drug-likeness (QED) is 0.130. The second-order valence-corrected chi connectivity index (χ2v) is 10.4. The lowest BCUT2D eigenvalue weighted by Gasteiger charge is -2.18. The van der Waals surface area contributed by atoms with Gasteiger partial charge in [-0.3, -0.25) is 4.57 Å². The summed E-state index contributed by atoms with van der Waals surface area (Å²) >= 11 is 0. The van der Waals surface area contributed by atoms with E-state index in [-0.39, 0.29) is 39.8 Å². The topological polar surface area (TPSA) is 159 Å². The lowest BCUT2D eigenvalue weighted by Crippen LogP contribution is -2.18. The van der Waals surface area contributed by atoms with Crippen LogP contribution in [0.2, 0.25) is 0 Å². The lowest BCUT2D eigenvalue weighted by atomic mass is 10.1. The zero-order valence-corrected chi connectivity index (χ0v) is 25.6. The Labute approximate surface area is 253 Å². The van der Waals surface area contributed by atoms with Crippen molar-refractivity contribution in [2.45, 2.75) is 52.2 Å². The lowest BCUT2D eigenvalue weighted by molar-refractivity contribution is -0.151. The van der Waals surface area contributed by atoms with Crippen molar-refractivity contribution in [2.24, 2.45) is 11.7 Å². The third-order valence-electron chi connectivity index (χ3n) is 6.59. The van der Waals surface area contributed by atoms with Crippen molar-refractivity contribution in [3.05, 3.63) is 78.1 Å². The largest absolute Gasteiger partial charge is 0.476 e. The predicted octanol–water partition coefficient (Wildman–Crippen LogP) is 4.72. The zero-order chi connectivity index (χ0) is 30.6. The third-order valence-corrected chi connectivity index (χ3v) is 7.21. The molecule has 1 aliphatic heterocycles. The number of carbonyl (C=O) groups excluding carboxylic acids is 1. The maximum absolute atomic E-state index is 12.3. The molecular weight excluding hydrogens is 571 g/mol. The molecule has 5 atom stereocenters. The molecule has 0 bridgehead atoms. The van der Waals surface area contributed by atoms with Gasteiger partial charge in [-0.05, 0) is 31.4 Å². The molecule has 1 aliphatic rings. The molecule has 230 valence electrons. The van der Waals surface area contributed by atoms with E-state index in [2.05, 4.69) is 21.9 Å². The van der Waals surface area contributed by atoms with Gasteiger partial charge in [-0.15, -0.1) is 0 Å². The van der Waals surface area contributed by atoms with Gasteiger partial charge in [-0.2, -0.15) is 9.97 Å². The second-order valence-electron chi connectivity index (χ2n) is 9.75. The number of carbonyl (C=O) groups is 1. The molecular formula is C30H39N6O6P. The van der Waals surface area contributed by atoms with Crippen LogP contribution in [-0.4, -0.2) is 51.4 Å². The highest BCUT2D eigenvalue weighted by atomic mass is 31.1.